The molecular weight excluding hydrogens is 290 g/mol. The average Bonchev–Trinajstić information content (AvgIpc) is 3.40. The number of rotatable bonds is 6. The first-order valence-electron chi connectivity index (χ1n) is 7.83. The van der Waals surface area contributed by atoms with Crippen molar-refractivity contribution in [3.05, 3.63) is 47.7 Å². The minimum Gasteiger partial charge on any atom is -0.350 e. The van der Waals surface area contributed by atoms with Gasteiger partial charge >= 0.3 is 0 Å². The zero-order valence-electron chi connectivity index (χ0n) is 13.1. The van der Waals surface area contributed by atoms with Gasteiger partial charge in [0.25, 0.3) is 5.91 Å². The molecule has 6 nitrogen and oxygen atoms in total. The number of amides is 1. The normalized spacial score (nSPS) is 15.0. The van der Waals surface area contributed by atoms with Crippen LogP contribution in [0.3, 0.4) is 0 Å². The molecule has 23 heavy (non-hydrogen) atoms. The molecule has 0 spiro atoms. The third-order valence-electron chi connectivity index (χ3n) is 3.92. The van der Waals surface area contributed by atoms with Gasteiger partial charge in [0, 0.05) is 23.8 Å². The van der Waals surface area contributed by atoms with Crippen LogP contribution in [-0.2, 0) is 0 Å². The van der Waals surface area contributed by atoms with Crippen molar-refractivity contribution >= 4 is 17.4 Å². The molecule has 1 aromatic carbocycles. The smallest absolute Gasteiger partial charge is 0.251 e. The van der Waals surface area contributed by atoms with E-state index < -0.39 is 0 Å². The van der Waals surface area contributed by atoms with E-state index in [4.69, 9.17) is 5.73 Å². The Morgan fingerprint density at radius 3 is 2.83 bits per heavy atom. The molecular formula is C17H21N5O. The fraction of sp³-hybridized carbons (Fsp3) is 0.353. The SMILES string of the molecule is Cc1ccc(Nc2cccc(C(=O)NCC(N)C3CC3)c2)nn1. The molecule has 1 fully saturated rings. The van der Waals surface area contributed by atoms with Crippen molar-refractivity contribution in [1.82, 2.24) is 15.5 Å². The predicted octanol–water partition coefficient (Wildman–Crippen LogP) is 2.00. The number of nitrogens with zero attached hydrogens (tertiary/aromatic N) is 2. The molecule has 1 saturated carbocycles. The molecule has 0 bridgehead atoms. The van der Waals surface area contributed by atoms with Crippen molar-refractivity contribution in [2.24, 2.45) is 11.7 Å². The molecule has 0 saturated heterocycles. The fourth-order valence-corrected chi connectivity index (χ4v) is 2.36. The first-order valence-corrected chi connectivity index (χ1v) is 7.83. The summed E-state index contributed by atoms with van der Waals surface area (Å²) in [7, 11) is 0. The van der Waals surface area contributed by atoms with Gasteiger partial charge in [-0.2, -0.15) is 5.10 Å². The van der Waals surface area contributed by atoms with Crippen molar-refractivity contribution in [3.63, 3.8) is 0 Å². The molecule has 1 atom stereocenters. The molecule has 1 unspecified atom stereocenters. The Morgan fingerprint density at radius 1 is 1.30 bits per heavy atom. The summed E-state index contributed by atoms with van der Waals surface area (Å²) in [5.41, 5.74) is 8.25. The lowest BCUT2D eigenvalue weighted by Gasteiger charge is -2.12. The van der Waals surface area contributed by atoms with E-state index in [1.54, 1.807) is 12.1 Å². The Morgan fingerprint density at radius 2 is 2.13 bits per heavy atom. The van der Waals surface area contributed by atoms with E-state index in [1.807, 2.05) is 31.2 Å². The molecule has 2 aromatic rings. The van der Waals surface area contributed by atoms with E-state index in [1.165, 1.54) is 12.8 Å². The zero-order chi connectivity index (χ0) is 16.2. The van der Waals surface area contributed by atoms with E-state index in [9.17, 15) is 4.79 Å². The first-order chi connectivity index (χ1) is 11.1. The Hall–Kier alpha value is -2.47. The largest absolute Gasteiger partial charge is 0.350 e. The van der Waals surface area contributed by atoms with Gasteiger partial charge in [0.2, 0.25) is 0 Å². The van der Waals surface area contributed by atoms with Crippen molar-refractivity contribution < 1.29 is 4.79 Å². The Kier molecular flexibility index (Phi) is 4.52. The standard InChI is InChI=1S/C17H21N5O/c1-11-5-8-16(22-21-11)20-14-4-2-3-13(9-14)17(23)19-10-15(18)12-6-7-12/h2-5,8-9,12,15H,6-7,10,18H2,1H3,(H,19,23)(H,20,22). The van der Waals surface area contributed by atoms with Crippen LogP contribution in [0.15, 0.2) is 36.4 Å². The van der Waals surface area contributed by atoms with Gasteiger partial charge in [0.15, 0.2) is 5.82 Å². The Labute approximate surface area is 135 Å². The summed E-state index contributed by atoms with van der Waals surface area (Å²) >= 11 is 0. The van der Waals surface area contributed by atoms with Gasteiger partial charge in [-0.15, -0.1) is 5.10 Å². The molecule has 1 aliphatic rings. The van der Waals surface area contributed by atoms with Gasteiger partial charge in [-0.25, -0.2) is 0 Å². The maximum Gasteiger partial charge on any atom is 0.251 e. The second-order valence-electron chi connectivity index (χ2n) is 5.98. The summed E-state index contributed by atoms with van der Waals surface area (Å²) < 4.78 is 0. The van der Waals surface area contributed by atoms with E-state index in [0.29, 0.717) is 23.8 Å². The van der Waals surface area contributed by atoms with Crippen LogP contribution < -0.4 is 16.4 Å². The zero-order valence-corrected chi connectivity index (χ0v) is 13.1. The summed E-state index contributed by atoms with van der Waals surface area (Å²) in [4.78, 5) is 12.2. The van der Waals surface area contributed by atoms with Crippen molar-refractivity contribution in [1.29, 1.82) is 0 Å². The van der Waals surface area contributed by atoms with Gasteiger partial charge in [-0.05, 0) is 56.0 Å². The molecule has 4 N–H and O–H groups in total. The molecule has 1 aromatic heterocycles. The first kappa shape index (κ1) is 15.4. The molecule has 6 heteroatoms. The molecule has 1 aliphatic carbocycles. The van der Waals surface area contributed by atoms with Crippen LogP contribution in [0.1, 0.15) is 28.9 Å². The molecule has 3 rings (SSSR count). The number of carbonyl (C=O) groups excluding carboxylic acids is 1. The van der Waals surface area contributed by atoms with E-state index in [-0.39, 0.29) is 11.9 Å². The summed E-state index contributed by atoms with van der Waals surface area (Å²) in [6.45, 7) is 2.40. The van der Waals surface area contributed by atoms with E-state index in [0.717, 1.165) is 11.4 Å². The number of hydrogen-bond acceptors (Lipinski definition) is 5. The predicted molar refractivity (Wildman–Crippen MR) is 89.5 cm³/mol. The highest BCUT2D eigenvalue weighted by Gasteiger charge is 2.28. The quantitative estimate of drug-likeness (QED) is 0.758. The van der Waals surface area contributed by atoms with Gasteiger partial charge in [-0.3, -0.25) is 4.79 Å². The van der Waals surface area contributed by atoms with Crippen molar-refractivity contribution in [2.45, 2.75) is 25.8 Å². The third-order valence-corrected chi connectivity index (χ3v) is 3.92. The van der Waals surface area contributed by atoms with Gasteiger partial charge in [0.05, 0.1) is 5.69 Å². The van der Waals surface area contributed by atoms with Gasteiger partial charge < -0.3 is 16.4 Å². The summed E-state index contributed by atoms with van der Waals surface area (Å²) in [5.74, 6) is 1.10. The number of anilines is 2. The highest BCUT2D eigenvalue weighted by Crippen LogP contribution is 2.31. The van der Waals surface area contributed by atoms with Crippen LogP contribution in [0.25, 0.3) is 0 Å². The maximum absolute atomic E-state index is 12.2. The number of aryl methyl sites for hydroxylation is 1. The number of nitrogens with two attached hydrogens (primary N) is 1. The van der Waals surface area contributed by atoms with Crippen molar-refractivity contribution in [2.75, 3.05) is 11.9 Å². The fourth-order valence-electron chi connectivity index (χ4n) is 2.36. The van der Waals surface area contributed by atoms with Crippen LogP contribution in [0.4, 0.5) is 11.5 Å². The number of benzene rings is 1. The number of hydrogen-bond donors (Lipinski definition) is 3. The Bertz CT molecular complexity index is 682. The minimum absolute atomic E-state index is 0.0584. The number of carbonyl (C=O) groups is 1. The van der Waals surface area contributed by atoms with Gasteiger partial charge in [0.1, 0.15) is 0 Å². The van der Waals surface area contributed by atoms with Gasteiger partial charge in [-0.1, -0.05) is 6.07 Å². The third kappa shape index (κ3) is 4.26. The van der Waals surface area contributed by atoms with E-state index in [2.05, 4.69) is 20.8 Å². The number of aromatic nitrogens is 2. The van der Waals surface area contributed by atoms with E-state index >= 15 is 0 Å². The lowest BCUT2D eigenvalue weighted by atomic mass is 10.1. The van der Waals surface area contributed by atoms with Crippen LogP contribution >= 0.6 is 0 Å². The molecule has 0 radical (unpaired) electrons. The van der Waals surface area contributed by atoms with Crippen molar-refractivity contribution in [3.8, 4) is 0 Å². The van der Waals surface area contributed by atoms with Crippen LogP contribution in [0.2, 0.25) is 0 Å². The molecule has 120 valence electrons. The monoisotopic (exact) mass is 311 g/mol. The highest BCUT2D eigenvalue weighted by atomic mass is 16.1. The summed E-state index contributed by atoms with van der Waals surface area (Å²) in [6, 6.07) is 11.1. The molecule has 1 heterocycles. The maximum atomic E-state index is 12.2. The van der Waals surface area contributed by atoms with Crippen LogP contribution in [-0.4, -0.2) is 28.7 Å². The second-order valence-corrected chi connectivity index (χ2v) is 5.98. The average molecular weight is 311 g/mol. The topological polar surface area (TPSA) is 92.9 Å². The highest BCUT2D eigenvalue weighted by molar-refractivity contribution is 5.95. The van der Waals surface area contributed by atoms with Crippen LogP contribution in [0.5, 0.6) is 0 Å². The lowest BCUT2D eigenvalue weighted by Crippen LogP contribution is -2.38. The summed E-state index contributed by atoms with van der Waals surface area (Å²) in [6.07, 6.45) is 2.35. The van der Waals surface area contributed by atoms with Crippen LogP contribution in [0, 0.1) is 12.8 Å². The second kappa shape index (κ2) is 6.75. The molecule has 0 aliphatic heterocycles. The molecule has 1 amide bonds. The lowest BCUT2D eigenvalue weighted by molar-refractivity contribution is 0.0950. The number of nitrogens with one attached hydrogen (secondary N) is 2. The summed E-state index contributed by atoms with van der Waals surface area (Å²) in [5, 5.41) is 14.1. The minimum atomic E-state index is -0.111. The Balaban J connectivity index is 1.61.